The number of anilines is 1. The van der Waals surface area contributed by atoms with Crippen molar-refractivity contribution in [3.63, 3.8) is 0 Å². The number of nitrogens with one attached hydrogen (secondary N) is 1. The van der Waals surface area contributed by atoms with Gasteiger partial charge in [-0.15, -0.1) is 5.10 Å². The van der Waals surface area contributed by atoms with Gasteiger partial charge in [-0.1, -0.05) is 11.4 Å². The van der Waals surface area contributed by atoms with Gasteiger partial charge in [0.2, 0.25) is 0 Å². The molecular formula is C14H13F2N3O3S. The molecule has 1 aromatic carbocycles. The Morgan fingerprint density at radius 1 is 1.39 bits per heavy atom. The molecule has 6 nitrogen and oxygen atoms in total. The lowest BCUT2D eigenvalue weighted by molar-refractivity contribution is -0.123. The van der Waals surface area contributed by atoms with Gasteiger partial charge in [-0.2, -0.15) is 0 Å². The molecule has 1 N–H and O–H groups in total. The molecule has 1 amide bonds. The van der Waals surface area contributed by atoms with Crippen LogP contribution in [0.4, 0.5) is 14.5 Å². The number of aryl methyl sites for hydroxylation is 1. The zero-order valence-electron chi connectivity index (χ0n) is 12.3. The van der Waals surface area contributed by atoms with Gasteiger partial charge in [0.1, 0.15) is 11.6 Å². The number of ether oxygens (including phenoxy) is 1. The van der Waals surface area contributed by atoms with Crippen molar-refractivity contribution in [3.8, 4) is 0 Å². The van der Waals surface area contributed by atoms with Crippen molar-refractivity contribution >= 4 is 29.1 Å². The molecule has 2 aromatic rings. The van der Waals surface area contributed by atoms with Gasteiger partial charge in [0.15, 0.2) is 11.0 Å². The van der Waals surface area contributed by atoms with E-state index < -0.39 is 29.6 Å². The third-order valence-electron chi connectivity index (χ3n) is 2.92. The number of nitrogens with zero attached hydrogens (tertiary/aromatic N) is 2. The molecule has 1 atom stereocenters. The standard InChI is InChI=1S/C14H13F2N3O3S/c1-3-10-12(23-19-18-10)14(21)22-7(2)13(20)17-11-6-8(15)4-5-9(11)16/h4-7H,3H2,1-2H3,(H,17,20)/t7-/m0/s1. The summed E-state index contributed by atoms with van der Waals surface area (Å²) in [6, 6.07) is 2.65. The van der Waals surface area contributed by atoms with Crippen LogP contribution in [0.2, 0.25) is 0 Å². The van der Waals surface area contributed by atoms with Crippen LogP contribution in [0.3, 0.4) is 0 Å². The molecule has 1 aromatic heterocycles. The zero-order chi connectivity index (χ0) is 17.0. The average Bonchev–Trinajstić information content (AvgIpc) is 2.99. The van der Waals surface area contributed by atoms with Crippen molar-refractivity contribution in [2.45, 2.75) is 26.4 Å². The van der Waals surface area contributed by atoms with Gasteiger partial charge in [0.05, 0.1) is 11.4 Å². The van der Waals surface area contributed by atoms with Crippen LogP contribution in [0.1, 0.15) is 29.2 Å². The number of benzene rings is 1. The Hall–Kier alpha value is -2.42. The largest absolute Gasteiger partial charge is 0.448 e. The van der Waals surface area contributed by atoms with E-state index in [1.807, 2.05) is 0 Å². The summed E-state index contributed by atoms with van der Waals surface area (Å²) in [5, 5.41) is 5.94. The quantitative estimate of drug-likeness (QED) is 0.845. The Morgan fingerprint density at radius 2 is 2.13 bits per heavy atom. The Balaban J connectivity index is 2.02. The van der Waals surface area contributed by atoms with Gasteiger partial charge in [-0.25, -0.2) is 13.6 Å². The second-order valence-electron chi connectivity index (χ2n) is 4.56. The summed E-state index contributed by atoms with van der Waals surface area (Å²) in [4.78, 5) is 24.1. The van der Waals surface area contributed by atoms with Crippen molar-refractivity contribution in [2.75, 3.05) is 5.32 Å². The van der Waals surface area contributed by atoms with Gasteiger partial charge >= 0.3 is 5.97 Å². The van der Waals surface area contributed by atoms with Gasteiger partial charge in [0, 0.05) is 6.07 Å². The minimum absolute atomic E-state index is 0.212. The number of hydrogen-bond acceptors (Lipinski definition) is 6. The Morgan fingerprint density at radius 3 is 2.83 bits per heavy atom. The van der Waals surface area contributed by atoms with Crippen LogP contribution < -0.4 is 5.32 Å². The predicted molar refractivity (Wildman–Crippen MR) is 79.2 cm³/mol. The number of carbonyl (C=O) groups excluding carboxylic acids is 2. The molecule has 122 valence electrons. The summed E-state index contributed by atoms with van der Waals surface area (Å²) in [6.07, 6.45) is -0.701. The normalized spacial score (nSPS) is 11.8. The number of rotatable bonds is 5. The average molecular weight is 341 g/mol. The van der Waals surface area contributed by atoms with Gasteiger partial charge in [-0.05, 0) is 37.0 Å². The lowest BCUT2D eigenvalue weighted by Crippen LogP contribution is -2.30. The summed E-state index contributed by atoms with van der Waals surface area (Å²) in [5.41, 5.74) is 0.149. The summed E-state index contributed by atoms with van der Waals surface area (Å²) < 4.78 is 35.2. The molecule has 9 heteroatoms. The van der Waals surface area contributed by atoms with Crippen LogP contribution in [0, 0.1) is 11.6 Å². The molecule has 23 heavy (non-hydrogen) atoms. The van der Waals surface area contributed by atoms with Crippen LogP contribution in [0.25, 0.3) is 0 Å². The smallest absolute Gasteiger partial charge is 0.352 e. The Bertz CT molecular complexity index is 736. The van der Waals surface area contributed by atoms with Gasteiger partial charge in [0.25, 0.3) is 5.91 Å². The summed E-state index contributed by atoms with van der Waals surface area (Å²) >= 11 is 0.867. The molecule has 0 saturated carbocycles. The molecule has 0 aliphatic rings. The van der Waals surface area contributed by atoms with Crippen LogP contribution in [-0.2, 0) is 16.0 Å². The third-order valence-corrected chi connectivity index (χ3v) is 3.66. The number of esters is 1. The predicted octanol–water partition coefficient (Wildman–Crippen LogP) is 2.56. The molecule has 0 aliphatic carbocycles. The van der Waals surface area contributed by atoms with Crippen molar-refractivity contribution in [3.05, 3.63) is 40.4 Å². The fraction of sp³-hybridized carbons (Fsp3) is 0.286. The first-order valence-electron chi connectivity index (χ1n) is 6.70. The first-order chi connectivity index (χ1) is 10.9. The van der Waals surface area contributed by atoms with Crippen molar-refractivity contribution in [1.82, 2.24) is 9.59 Å². The molecule has 2 rings (SSSR count). The highest BCUT2D eigenvalue weighted by Crippen LogP contribution is 2.17. The van der Waals surface area contributed by atoms with Crippen LogP contribution >= 0.6 is 11.5 Å². The summed E-state index contributed by atoms with van der Waals surface area (Å²) in [5.74, 6) is -3.01. The fourth-order valence-corrected chi connectivity index (χ4v) is 2.32. The minimum atomic E-state index is -1.20. The first-order valence-corrected chi connectivity index (χ1v) is 7.47. The SMILES string of the molecule is CCc1nnsc1C(=O)O[C@@H](C)C(=O)Nc1cc(F)ccc1F. The van der Waals surface area contributed by atoms with Gasteiger partial charge in [-0.3, -0.25) is 4.79 Å². The maximum Gasteiger partial charge on any atom is 0.352 e. The highest BCUT2D eigenvalue weighted by atomic mass is 32.1. The van der Waals surface area contributed by atoms with E-state index in [0.29, 0.717) is 12.1 Å². The van der Waals surface area contributed by atoms with E-state index in [-0.39, 0.29) is 10.6 Å². The highest BCUT2D eigenvalue weighted by Gasteiger charge is 2.23. The maximum absolute atomic E-state index is 13.5. The van der Waals surface area contributed by atoms with E-state index in [9.17, 15) is 18.4 Å². The molecule has 0 fully saturated rings. The number of carbonyl (C=O) groups is 2. The molecular weight excluding hydrogens is 328 g/mol. The second kappa shape index (κ2) is 7.23. The molecule has 1 heterocycles. The molecule has 0 radical (unpaired) electrons. The number of aromatic nitrogens is 2. The maximum atomic E-state index is 13.5. The van der Waals surface area contributed by atoms with Crippen LogP contribution in [0.15, 0.2) is 18.2 Å². The minimum Gasteiger partial charge on any atom is -0.448 e. The first kappa shape index (κ1) is 16.9. The number of amides is 1. The van der Waals surface area contributed by atoms with Crippen LogP contribution in [-0.4, -0.2) is 27.6 Å². The topological polar surface area (TPSA) is 81.2 Å². The second-order valence-corrected chi connectivity index (χ2v) is 5.32. The van der Waals surface area contributed by atoms with Crippen LogP contribution in [0.5, 0.6) is 0 Å². The summed E-state index contributed by atoms with van der Waals surface area (Å²) in [7, 11) is 0. The Kier molecular flexibility index (Phi) is 5.32. The molecule has 0 spiro atoms. The van der Waals surface area contributed by atoms with Gasteiger partial charge < -0.3 is 10.1 Å². The molecule has 0 unspecified atom stereocenters. The van der Waals surface area contributed by atoms with E-state index in [2.05, 4.69) is 14.9 Å². The van der Waals surface area contributed by atoms with Crippen molar-refractivity contribution in [1.29, 1.82) is 0 Å². The van der Waals surface area contributed by atoms with E-state index in [4.69, 9.17) is 4.74 Å². The number of halogens is 2. The highest BCUT2D eigenvalue weighted by molar-refractivity contribution is 7.07. The fourth-order valence-electron chi connectivity index (χ4n) is 1.69. The monoisotopic (exact) mass is 341 g/mol. The molecule has 0 bridgehead atoms. The number of hydrogen-bond donors (Lipinski definition) is 1. The third kappa shape index (κ3) is 4.07. The Labute approximate surface area is 134 Å². The van der Waals surface area contributed by atoms with E-state index in [1.54, 1.807) is 6.92 Å². The zero-order valence-corrected chi connectivity index (χ0v) is 13.1. The summed E-state index contributed by atoms with van der Waals surface area (Å²) in [6.45, 7) is 3.13. The molecule has 0 saturated heterocycles. The van der Waals surface area contributed by atoms with Crippen molar-refractivity contribution < 1.29 is 23.1 Å². The van der Waals surface area contributed by atoms with E-state index in [1.165, 1.54) is 6.92 Å². The lowest BCUT2D eigenvalue weighted by Gasteiger charge is -2.13. The van der Waals surface area contributed by atoms with E-state index >= 15 is 0 Å². The lowest BCUT2D eigenvalue weighted by atomic mass is 10.2. The van der Waals surface area contributed by atoms with Crippen molar-refractivity contribution in [2.24, 2.45) is 0 Å². The molecule has 0 aliphatic heterocycles. The van der Waals surface area contributed by atoms with E-state index in [0.717, 1.165) is 29.7 Å².